The maximum absolute atomic E-state index is 11.6. The lowest BCUT2D eigenvalue weighted by molar-refractivity contribution is -0.126. The van der Waals surface area contributed by atoms with Gasteiger partial charge in [-0.05, 0) is 17.7 Å². The molecule has 3 rings (SSSR count). The minimum absolute atomic E-state index is 0.214. The van der Waals surface area contributed by atoms with E-state index in [0.717, 1.165) is 5.56 Å². The Hall–Kier alpha value is -2.62. The zero-order chi connectivity index (χ0) is 13.1. The Morgan fingerprint density at radius 1 is 1.00 bits per heavy atom. The van der Waals surface area contributed by atoms with Crippen LogP contribution in [0.4, 0.5) is 0 Å². The Labute approximate surface area is 110 Å². The number of carbonyl (C=O) groups excluding carboxylic acids is 1. The summed E-state index contributed by atoms with van der Waals surface area (Å²) in [6.07, 6.45) is 0. The number of hydrogen-bond donors (Lipinski definition) is 0. The first kappa shape index (κ1) is 11.5. The van der Waals surface area contributed by atoms with Gasteiger partial charge in [-0.1, -0.05) is 47.6 Å². The van der Waals surface area contributed by atoms with Gasteiger partial charge in [-0.15, -0.1) is 0 Å². The number of hydrogen-bond acceptors (Lipinski definition) is 4. The standard InChI is InChI=1S/C15H11NO3/c17-15-14(12-8-4-5-9-13(12)19-15)16-18-10-11-6-2-1-3-7-11/h1-9H,10H2/b16-14+. The third kappa shape index (κ3) is 2.33. The van der Waals surface area contributed by atoms with Gasteiger partial charge in [-0.2, -0.15) is 0 Å². The van der Waals surface area contributed by atoms with Crippen molar-refractivity contribution in [2.45, 2.75) is 6.61 Å². The molecule has 0 fully saturated rings. The van der Waals surface area contributed by atoms with Crippen LogP contribution in [0.5, 0.6) is 5.75 Å². The smallest absolute Gasteiger partial charge is 0.366 e. The Bertz CT molecular complexity index is 635. The van der Waals surface area contributed by atoms with Crippen LogP contribution in [0.25, 0.3) is 0 Å². The van der Waals surface area contributed by atoms with E-state index < -0.39 is 5.97 Å². The van der Waals surface area contributed by atoms with Crippen molar-refractivity contribution in [1.29, 1.82) is 0 Å². The minimum Gasteiger partial charge on any atom is -0.421 e. The Morgan fingerprint density at radius 2 is 1.74 bits per heavy atom. The summed E-state index contributed by atoms with van der Waals surface area (Å²) in [6.45, 7) is 0.319. The maximum Gasteiger partial charge on any atom is 0.366 e. The quantitative estimate of drug-likeness (QED) is 0.479. The molecule has 4 heteroatoms. The van der Waals surface area contributed by atoms with Crippen LogP contribution in [0, 0.1) is 0 Å². The summed E-state index contributed by atoms with van der Waals surface area (Å²) in [7, 11) is 0. The fourth-order valence-corrected chi connectivity index (χ4v) is 1.84. The minimum atomic E-state index is -0.478. The van der Waals surface area contributed by atoms with Gasteiger partial charge in [0.15, 0.2) is 5.71 Å². The van der Waals surface area contributed by atoms with Crippen LogP contribution in [0.3, 0.4) is 0 Å². The molecule has 94 valence electrons. The lowest BCUT2D eigenvalue weighted by atomic mass is 10.1. The zero-order valence-electron chi connectivity index (χ0n) is 10.1. The largest absolute Gasteiger partial charge is 0.421 e. The molecule has 0 saturated heterocycles. The molecule has 2 aromatic rings. The van der Waals surface area contributed by atoms with E-state index in [2.05, 4.69) is 5.16 Å². The summed E-state index contributed by atoms with van der Waals surface area (Å²) in [6, 6.07) is 16.8. The molecule has 0 aromatic heterocycles. The van der Waals surface area contributed by atoms with Gasteiger partial charge in [0.25, 0.3) is 0 Å². The average Bonchev–Trinajstić information content (AvgIpc) is 2.76. The third-order valence-corrected chi connectivity index (χ3v) is 2.77. The molecular weight excluding hydrogens is 242 g/mol. The first-order valence-corrected chi connectivity index (χ1v) is 5.90. The molecule has 4 nitrogen and oxygen atoms in total. The summed E-state index contributed by atoms with van der Waals surface area (Å²) in [5, 5.41) is 3.88. The molecule has 19 heavy (non-hydrogen) atoms. The highest BCUT2D eigenvalue weighted by atomic mass is 16.6. The monoisotopic (exact) mass is 253 g/mol. The normalized spacial score (nSPS) is 15.2. The van der Waals surface area contributed by atoms with E-state index in [1.807, 2.05) is 36.4 Å². The highest BCUT2D eigenvalue weighted by molar-refractivity contribution is 6.46. The number of rotatable bonds is 3. The molecule has 1 aliphatic heterocycles. The van der Waals surface area contributed by atoms with Crippen molar-refractivity contribution in [3.05, 3.63) is 65.7 Å². The average molecular weight is 253 g/mol. The van der Waals surface area contributed by atoms with Crippen molar-refractivity contribution < 1.29 is 14.4 Å². The predicted molar refractivity (Wildman–Crippen MR) is 69.8 cm³/mol. The fraction of sp³-hybridized carbons (Fsp3) is 0.0667. The lowest BCUT2D eigenvalue weighted by Gasteiger charge is -1.99. The molecule has 0 N–H and O–H groups in total. The van der Waals surface area contributed by atoms with Crippen LogP contribution in [-0.4, -0.2) is 11.7 Å². The molecule has 1 aliphatic rings. The Balaban J connectivity index is 1.76. The topological polar surface area (TPSA) is 47.9 Å². The first-order valence-electron chi connectivity index (χ1n) is 5.90. The highest BCUT2D eigenvalue weighted by Gasteiger charge is 2.29. The van der Waals surface area contributed by atoms with Gasteiger partial charge in [0.2, 0.25) is 0 Å². The maximum atomic E-state index is 11.6. The SMILES string of the molecule is O=C1Oc2ccccc2/C1=N\OCc1ccccc1. The van der Waals surface area contributed by atoms with Gasteiger partial charge in [-0.3, -0.25) is 0 Å². The summed E-state index contributed by atoms with van der Waals surface area (Å²) in [5.41, 5.74) is 1.87. The van der Waals surface area contributed by atoms with Crippen molar-refractivity contribution in [1.82, 2.24) is 0 Å². The molecule has 1 heterocycles. The van der Waals surface area contributed by atoms with Crippen LogP contribution >= 0.6 is 0 Å². The van der Waals surface area contributed by atoms with Gasteiger partial charge < -0.3 is 9.57 Å². The van der Waals surface area contributed by atoms with E-state index >= 15 is 0 Å². The van der Waals surface area contributed by atoms with Crippen molar-refractivity contribution in [2.24, 2.45) is 5.16 Å². The second-order valence-electron chi connectivity index (χ2n) is 4.08. The van der Waals surface area contributed by atoms with Gasteiger partial charge in [-0.25, -0.2) is 4.79 Å². The number of oxime groups is 1. The molecule has 0 saturated carbocycles. The van der Waals surface area contributed by atoms with Gasteiger partial charge in [0, 0.05) is 0 Å². The number of nitrogens with zero attached hydrogens (tertiary/aromatic N) is 1. The third-order valence-electron chi connectivity index (χ3n) is 2.77. The number of carbonyl (C=O) groups is 1. The second kappa shape index (κ2) is 4.94. The molecule has 0 spiro atoms. The van der Waals surface area contributed by atoms with E-state index in [1.54, 1.807) is 18.2 Å². The zero-order valence-corrected chi connectivity index (χ0v) is 10.1. The van der Waals surface area contributed by atoms with Crippen molar-refractivity contribution in [3.8, 4) is 5.75 Å². The Morgan fingerprint density at radius 3 is 2.58 bits per heavy atom. The summed E-state index contributed by atoms with van der Waals surface area (Å²) in [5.74, 6) is 0.0452. The number of para-hydroxylation sites is 1. The molecule has 0 aliphatic carbocycles. The van der Waals surface area contributed by atoms with Crippen LogP contribution in [0.2, 0.25) is 0 Å². The Kier molecular flexibility index (Phi) is 2.98. The molecule has 0 amide bonds. The second-order valence-corrected chi connectivity index (χ2v) is 4.08. The van der Waals surface area contributed by atoms with Crippen LogP contribution in [-0.2, 0) is 16.2 Å². The number of fused-ring (bicyclic) bond motifs is 1. The van der Waals surface area contributed by atoms with E-state index in [-0.39, 0.29) is 5.71 Å². The highest BCUT2D eigenvalue weighted by Crippen LogP contribution is 2.25. The van der Waals surface area contributed by atoms with Gasteiger partial charge >= 0.3 is 5.97 Å². The van der Waals surface area contributed by atoms with Crippen LogP contribution in [0.15, 0.2) is 59.8 Å². The molecule has 0 atom stereocenters. The number of ether oxygens (including phenoxy) is 1. The summed E-state index contributed by atoms with van der Waals surface area (Å²) < 4.78 is 5.07. The molecule has 0 bridgehead atoms. The van der Waals surface area contributed by atoms with Crippen molar-refractivity contribution in [3.63, 3.8) is 0 Å². The van der Waals surface area contributed by atoms with E-state index in [9.17, 15) is 4.79 Å². The van der Waals surface area contributed by atoms with E-state index in [4.69, 9.17) is 9.57 Å². The van der Waals surface area contributed by atoms with Crippen LogP contribution < -0.4 is 4.74 Å². The molecule has 0 radical (unpaired) electrons. The first-order chi connectivity index (χ1) is 9.34. The number of benzene rings is 2. The predicted octanol–water partition coefficient (Wildman–Crippen LogP) is 2.53. The van der Waals surface area contributed by atoms with Crippen molar-refractivity contribution in [2.75, 3.05) is 0 Å². The van der Waals surface area contributed by atoms with Gasteiger partial charge in [0.1, 0.15) is 12.4 Å². The fourth-order valence-electron chi connectivity index (χ4n) is 1.84. The van der Waals surface area contributed by atoms with Crippen molar-refractivity contribution >= 4 is 11.7 Å². The molecular formula is C15H11NO3. The molecule has 2 aromatic carbocycles. The van der Waals surface area contributed by atoms with E-state index in [1.165, 1.54) is 0 Å². The van der Waals surface area contributed by atoms with Gasteiger partial charge in [0.05, 0.1) is 5.56 Å². The molecule has 0 unspecified atom stereocenters. The summed E-state index contributed by atoms with van der Waals surface area (Å²) >= 11 is 0. The van der Waals surface area contributed by atoms with E-state index in [0.29, 0.717) is 17.9 Å². The number of esters is 1. The van der Waals surface area contributed by atoms with Crippen LogP contribution in [0.1, 0.15) is 11.1 Å². The summed E-state index contributed by atoms with van der Waals surface area (Å²) in [4.78, 5) is 16.9. The lowest BCUT2D eigenvalue weighted by Crippen LogP contribution is -2.13.